The largest absolute Gasteiger partial charge is 0.364 e. The van der Waals surface area contributed by atoms with Crippen LogP contribution in [-0.2, 0) is 0 Å². The second-order valence-corrected chi connectivity index (χ2v) is 5.62. The minimum atomic E-state index is -0.161. The van der Waals surface area contributed by atoms with Crippen molar-refractivity contribution in [3.05, 3.63) is 18.1 Å². The molecule has 0 spiro atoms. The molecule has 0 atom stereocenters. The Morgan fingerprint density at radius 1 is 1.21 bits per heavy atom. The number of anilines is 1. The standard InChI is InChI=1S/C14H24N4O/c1-5-6-7-8-15-13(19)11-9-17-12(10-16-11)18-14(2,3)4/h9-10H,5-8H2,1-4H3,(H,15,19)(H,17,18). The maximum atomic E-state index is 11.8. The third-order valence-corrected chi connectivity index (χ3v) is 2.45. The van der Waals surface area contributed by atoms with Crippen molar-refractivity contribution in [1.82, 2.24) is 15.3 Å². The van der Waals surface area contributed by atoms with Gasteiger partial charge in [-0.3, -0.25) is 4.79 Å². The molecular formula is C14H24N4O. The van der Waals surface area contributed by atoms with E-state index in [2.05, 4.69) is 27.5 Å². The lowest BCUT2D eigenvalue weighted by atomic mass is 10.1. The van der Waals surface area contributed by atoms with Crippen LogP contribution >= 0.6 is 0 Å². The molecule has 0 aliphatic carbocycles. The van der Waals surface area contributed by atoms with E-state index in [-0.39, 0.29) is 11.4 Å². The van der Waals surface area contributed by atoms with Crippen molar-refractivity contribution in [2.45, 2.75) is 52.5 Å². The lowest BCUT2D eigenvalue weighted by Crippen LogP contribution is -2.28. The maximum absolute atomic E-state index is 11.8. The summed E-state index contributed by atoms with van der Waals surface area (Å²) in [5.41, 5.74) is 0.287. The smallest absolute Gasteiger partial charge is 0.271 e. The van der Waals surface area contributed by atoms with E-state index in [0.717, 1.165) is 19.3 Å². The van der Waals surface area contributed by atoms with Crippen molar-refractivity contribution < 1.29 is 4.79 Å². The van der Waals surface area contributed by atoms with Gasteiger partial charge in [0.05, 0.1) is 12.4 Å². The van der Waals surface area contributed by atoms with E-state index in [1.807, 2.05) is 20.8 Å². The molecule has 0 bridgehead atoms. The van der Waals surface area contributed by atoms with Crippen LogP contribution in [0.25, 0.3) is 0 Å². The van der Waals surface area contributed by atoms with Crippen molar-refractivity contribution in [2.75, 3.05) is 11.9 Å². The molecule has 0 saturated heterocycles. The van der Waals surface area contributed by atoms with Gasteiger partial charge >= 0.3 is 0 Å². The molecule has 0 saturated carbocycles. The second-order valence-electron chi connectivity index (χ2n) is 5.62. The monoisotopic (exact) mass is 264 g/mol. The first-order valence-corrected chi connectivity index (χ1v) is 6.81. The van der Waals surface area contributed by atoms with Crippen LogP contribution in [0.4, 0.5) is 5.82 Å². The van der Waals surface area contributed by atoms with Gasteiger partial charge in [0.25, 0.3) is 5.91 Å². The molecule has 5 nitrogen and oxygen atoms in total. The first-order valence-electron chi connectivity index (χ1n) is 6.81. The molecule has 1 heterocycles. The summed E-state index contributed by atoms with van der Waals surface area (Å²) >= 11 is 0. The van der Waals surface area contributed by atoms with Gasteiger partial charge in [-0.05, 0) is 27.2 Å². The Bertz CT molecular complexity index is 395. The molecule has 0 fully saturated rings. The molecule has 1 rings (SSSR count). The predicted octanol–water partition coefficient (Wildman–Crippen LogP) is 2.61. The summed E-state index contributed by atoms with van der Waals surface area (Å²) in [6.07, 6.45) is 6.36. The minimum absolute atomic E-state index is 0.0708. The van der Waals surface area contributed by atoms with E-state index in [1.54, 1.807) is 6.20 Å². The third kappa shape index (κ3) is 6.18. The predicted molar refractivity (Wildman–Crippen MR) is 77.3 cm³/mol. The van der Waals surface area contributed by atoms with Gasteiger partial charge in [-0.25, -0.2) is 9.97 Å². The number of hydrogen-bond acceptors (Lipinski definition) is 4. The quantitative estimate of drug-likeness (QED) is 0.775. The van der Waals surface area contributed by atoms with E-state index in [9.17, 15) is 4.79 Å². The van der Waals surface area contributed by atoms with Gasteiger partial charge in [0, 0.05) is 12.1 Å². The highest BCUT2D eigenvalue weighted by Crippen LogP contribution is 2.10. The van der Waals surface area contributed by atoms with Crippen LogP contribution in [0, 0.1) is 0 Å². The van der Waals surface area contributed by atoms with Crippen molar-refractivity contribution >= 4 is 11.7 Å². The van der Waals surface area contributed by atoms with Crippen LogP contribution < -0.4 is 10.6 Å². The SMILES string of the molecule is CCCCCNC(=O)c1cnc(NC(C)(C)C)cn1. The molecule has 19 heavy (non-hydrogen) atoms. The summed E-state index contributed by atoms with van der Waals surface area (Å²) in [5.74, 6) is 0.515. The van der Waals surface area contributed by atoms with Gasteiger partial charge < -0.3 is 10.6 Å². The number of carbonyl (C=O) groups is 1. The zero-order valence-corrected chi connectivity index (χ0v) is 12.3. The second kappa shape index (κ2) is 7.07. The average molecular weight is 264 g/mol. The number of nitrogens with zero attached hydrogens (tertiary/aromatic N) is 2. The molecule has 0 unspecified atom stereocenters. The minimum Gasteiger partial charge on any atom is -0.364 e. The summed E-state index contributed by atoms with van der Waals surface area (Å²) in [4.78, 5) is 20.1. The summed E-state index contributed by atoms with van der Waals surface area (Å²) < 4.78 is 0. The van der Waals surface area contributed by atoms with Gasteiger partial charge in [-0.1, -0.05) is 19.8 Å². The molecule has 1 aromatic rings. The number of amides is 1. The van der Waals surface area contributed by atoms with Crippen molar-refractivity contribution in [3.8, 4) is 0 Å². The highest BCUT2D eigenvalue weighted by molar-refractivity contribution is 5.91. The Morgan fingerprint density at radius 2 is 1.95 bits per heavy atom. The molecule has 0 aliphatic rings. The number of rotatable bonds is 6. The topological polar surface area (TPSA) is 66.9 Å². The van der Waals surface area contributed by atoms with Crippen LogP contribution in [0.3, 0.4) is 0 Å². The van der Waals surface area contributed by atoms with Crippen molar-refractivity contribution in [1.29, 1.82) is 0 Å². The Kier molecular flexibility index (Phi) is 5.73. The van der Waals surface area contributed by atoms with E-state index >= 15 is 0 Å². The fraction of sp³-hybridized carbons (Fsp3) is 0.643. The third-order valence-electron chi connectivity index (χ3n) is 2.45. The number of unbranched alkanes of at least 4 members (excludes halogenated alkanes) is 2. The molecule has 106 valence electrons. The molecule has 5 heteroatoms. The van der Waals surface area contributed by atoms with Gasteiger partial charge in [-0.2, -0.15) is 0 Å². The van der Waals surface area contributed by atoms with Gasteiger partial charge in [0.15, 0.2) is 0 Å². The molecular weight excluding hydrogens is 240 g/mol. The molecule has 1 aromatic heterocycles. The number of hydrogen-bond donors (Lipinski definition) is 2. The lowest BCUT2D eigenvalue weighted by Gasteiger charge is -2.20. The van der Waals surface area contributed by atoms with Crippen LogP contribution in [0.2, 0.25) is 0 Å². The Hall–Kier alpha value is -1.65. The number of aromatic nitrogens is 2. The summed E-state index contributed by atoms with van der Waals surface area (Å²) in [7, 11) is 0. The molecule has 2 N–H and O–H groups in total. The Morgan fingerprint density at radius 3 is 2.47 bits per heavy atom. The summed E-state index contributed by atoms with van der Waals surface area (Å²) in [6, 6.07) is 0. The first kappa shape index (κ1) is 15.4. The Labute approximate surface area is 115 Å². The van der Waals surface area contributed by atoms with Gasteiger partial charge in [0.2, 0.25) is 0 Å². The number of carbonyl (C=O) groups excluding carboxylic acids is 1. The van der Waals surface area contributed by atoms with Crippen molar-refractivity contribution in [3.63, 3.8) is 0 Å². The zero-order valence-electron chi connectivity index (χ0n) is 12.3. The summed E-state index contributed by atoms with van der Waals surface area (Å²) in [6.45, 7) is 8.96. The van der Waals surface area contributed by atoms with E-state index < -0.39 is 0 Å². The van der Waals surface area contributed by atoms with E-state index in [4.69, 9.17) is 0 Å². The van der Waals surface area contributed by atoms with E-state index in [1.165, 1.54) is 6.20 Å². The number of nitrogens with one attached hydrogen (secondary N) is 2. The molecule has 0 aromatic carbocycles. The van der Waals surface area contributed by atoms with Crippen LogP contribution in [0.15, 0.2) is 12.4 Å². The zero-order chi connectivity index (χ0) is 14.3. The van der Waals surface area contributed by atoms with Crippen molar-refractivity contribution in [2.24, 2.45) is 0 Å². The average Bonchev–Trinajstić information content (AvgIpc) is 2.33. The molecule has 0 aliphatic heterocycles. The highest BCUT2D eigenvalue weighted by atomic mass is 16.1. The van der Waals surface area contributed by atoms with Gasteiger partial charge in [-0.15, -0.1) is 0 Å². The van der Waals surface area contributed by atoms with Crippen LogP contribution in [0.5, 0.6) is 0 Å². The molecule has 0 radical (unpaired) electrons. The maximum Gasteiger partial charge on any atom is 0.271 e. The fourth-order valence-electron chi connectivity index (χ4n) is 1.56. The lowest BCUT2D eigenvalue weighted by molar-refractivity contribution is 0.0947. The molecule has 1 amide bonds. The normalized spacial score (nSPS) is 11.2. The van der Waals surface area contributed by atoms with Crippen LogP contribution in [0.1, 0.15) is 57.4 Å². The van der Waals surface area contributed by atoms with E-state index in [0.29, 0.717) is 18.1 Å². The van der Waals surface area contributed by atoms with Gasteiger partial charge in [0.1, 0.15) is 11.5 Å². The first-order chi connectivity index (χ1) is 8.92. The fourth-order valence-corrected chi connectivity index (χ4v) is 1.56. The highest BCUT2D eigenvalue weighted by Gasteiger charge is 2.11. The van der Waals surface area contributed by atoms with Crippen LogP contribution in [-0.4, -0.2) is 28.0 Å². The summed E-state index contributed by atoms with van der Waals surface area (Å²) in [5, 5.41) is 6.04. The Balaban J connectivity index is 2.49.